The Bertz CT molecular complexity index is 418. The Morgan fingerprint density at radius 3 is 2.53 bits per heavy atom. The van der Waals surface area contributed by atoms with Crippen LogP contribution in [0.1, 0.15) is 58.2 Å². The van der Waals surface area contributed by atoms with Gasteiger partial charge in [-0.2, -0.15) is 5.10 Å². The van der Waals surface area contributed by atoms with Gasteiger partial charge in [-0.3, -0.25) is 0 Å². The first-order chi connectivity index (χ1) is 7.75. The standard InChI is InChI=1S/C12H19F2N3/c1-5-12(13,14)8-6-7-9-15-10(11(2,3)4)16-17(8)9/h8H,5-7H2,1-4H3. The number of aromatic nitrogens is 3. The van der Waals surface area contributed by atoms with Gasteiger partial charge in [0.15, 0.2) is 5.82 Å². The largest absolute Gasteiger partial charge is 0.269 e. The van der Waals surface area contributed by atoms with Gasteiger partial charge in [-0.05, 0) is 6.42 Å². The maximum Gasteiger partial charge on any atom is 0.269 e. The second kappa shape index (κ2) is 3.75. The molecule has 1 aliphatic heterocycles. The summed E-state index contributed by atoms with van der Waals surface area (Å²) in [4.78, 5) is 4.38. The van der Waals surface area contributed by atoms with Crippen molar-refractivity contribution in [3.8, 4) is 0 Å². The number of aryl methyl sites for hydroxylation is 1. The van der Waals surface area contributed by atoms with Crippen LogP contribution in [0.25, 0.3) is 0 Å². The summed E-state index contributed by atoms with van der Waals surface area (Å²) in [6.07, 6.45) is 0.895. The van der Waals surface area contributed by atoms with Gasteiger partial charge in [0.05, 0.1) is 0 Å². The van der Waals surface area contributed by atoms with Gasteiger partial charge in [0, 0.05) is 18.3 Å². The zero-order valence-corrected chi connectivity index (χ0v) is 10.8. The van der Waals surface area contributed by atoms with Crippen molar-refractivity contribution in [1.82, 2.24) is 14.8 Å². The molecule has 0 radical (unpaired) electrons. The smallest absolute Gasteiger partial charge is 0.241 e. The van der Waals surface area contributed by atoms with Gasteiger partial charge >= 0.3 is 0 Å². The molecule has 0 fully saturated rings. The summed E-state index contributed by atoms with van der Waals surface area (Å²) in [5.74, 6) is -1.33. The molecule has 0 saturated heterocycles. The summed E-state index contributed by atoms with van der Waals surface area (Å²) in [5, 5.41) is 4.28. The third-order valence-electron chi connectivity index (χ3n) is 3.27. The average molecular weight is 243 g/mol. The molecule has 0 saturated carbocycles. The molecular formula is C12H19F2N3. The molecule has 0 spiro atoms. The minimum absolute atomic E-state index is 0.151. The normalized spacial score (nSPS) is 20.7. The Labute approximate surface area is 100 Å². The molecule has 1 unspecified atom stereocenters. The highest BCUT2D eigenvalue weighted by Gasteiger charge is 2.44. The number of hydrogen-bond acceptors (Lipinski definition) is 2. The highest BCUT2D eigenvalue weighted by atomic mass is 19.3. The number of rotatable bonds is 2. The highest BCUT2D eigenvalue weighted by molar-refractivity contribution is 5.09. The Hall–Kier alpha value is -1.00. The first kappa shape index (κ1) is 12.5. The van der Waals surface area contributed by atoms with Crippen molar-refractivity contribution in [2.75, 3.05) is 0 Å². The molecule has 1 aromatic heterocycles. The third-order valence-corrected chi connectivity index (χ3v) is 3.27. The minimum Gasteiger partial charge on any atom is -0.241 e. The van der Waals surface area contributed by atoms with Crippen molar-refractivity contribution < 1.29 is 8.78 Å². The maximum atomic E-state index is 13.8. The Morgan fingerprint density at radius 2 is 2.00 bits per heavy atom. The van der Waals surface area contributed by atoms with Crippen LogP contribution in [0.15, 0.2) is 0 Å². The number of halogens is 2. The van der Waals surface area contributed by atoms with Crippen LogP contribution in [-0.4, -0.2) is 20.7 Å². The van der Waals surface area contributed by atoms with Crippen LogP contribution in [0.4, 0.5) is 8.78 Å². The molecule has 1 atom stereocenters. The predicted molar refractivity (Wildman–Crippen MR) is 61.3 cm³/mol. The van der Waals surface area contributed by atoms with Gasteiger partial charge in [0.1, 0.15) is 11.9 Å². The van der Waals surface area contributed by atoms with E-state index in [-0.39, 0.29) is 11.8 Å². The zero-order chi connectivity index (χ0) is 12.8. The lowest BCUT2D eigenvalue weighted by atomic mass is 9.96. The van der Waals surface area contributed by atoms with Crippen LogP contribution >= 0.6 is 0 Å². The van der Waals surface area contributed by atoms with E-state index < -0.39 is 12.0 Å². The molecule has 1 aromatic rings. The Kier molecular flexibility index (Phi) is 2.75. The number of hydrogen-bond donors (Lipinski definition) is 0. The first-order valence-corrected chi connectivity index (χ1v) is 6.09. The van der Waals surface area contributed by atoms with E-state index in [4.69, 9.17) is 0 Å². The van der Waals surface area contributed by atoms with Gasteiger partial charge in [-0.15, -0.1) is 0 Å². The lowest BCUT2D eigenvalue weighted by Gasteiger charge is -2.22. The van der Waals surface area contributed by atoms with Crippen molar-refractivity contribution in [2.24, 2.45) is 0 Å². The van der Waals surface area contributed by atoms with Gasteiger partial charge in [0.25, 0.3) is 5.92 Å². The molecule has 96 valence electrons. The molecule has 3 nitrogen and oxygen atoms in total. The van der Waals surface area contributed by atoms with E-state index in [2.05, 4.69) is 10.1 Å². The van der Waals surface area contributed by atoms with E-state index >= 15 is 0 Å². The van der Waals surface area contributed by atoms with Gasteiger partial charge in [-0.25, -0.2) is 18.4 Å². The fourth-order valence-electron chi connectivity index (χ4n) is 2.11. The molecular weight excluding hydrogens is 224 g/mol. The Morgan fingerprint density at radius 1 is 1.35 bits per heavy atom. The van der Waals surface area contributed by atoms with E-state index in [0.717, 1.165) is 0 Å². The van der Waals surface area contributed by atoms with Crippen LogP contribution in [-0.2, 0) is 11.8 Å². The van der Waals surface area contributed by atoms with Crippen LogP contribution in [0, 0.1) is 0 Å². The van der Waals surface area contributed by atoms with Crippen LogP contribution in [0.2, 0.25) is 0 Å². The fraction of sp³-hybridized carbons (Fsp3) is 0.833. The number of nitrogens with zero attached hydrogens (tertiary/aromatic N) is 3. The van der Waals surface area contributed by atoms with E-state index in [1.165, 1.54) is 11.6 Å². The lowest BCUT2D eigenvalue weighted by Crippen LogP contribution is -2.29. The molecule has 0 aliphatic carbocycles. The molecule has 2 rings (SSSR count). The van der Waals surface area contributed by atoms with Crippen molar-refractivity contribution >= 4 is 0 Å². The summed E-state index contributed by atoms with van der Waals surface area (Å²) in [6.45, 7) is 7.49. The summed E-state index contributed by atoms with van der Waals surface area (Å²) in [6, 6.07) is -0.814. The molecule has 0 amide bonds. The topological polar surface area (TPSA) is 30.7 Å². The zero-order valence-electron chi connectivity index (χ0n) is 10.8. The Balaban J connectivity index is 2.36. The van der Waals surface area contributed by atoms with E-state index in [0.29, 0.717) is 24.5 Å². The second-order valence-corrected chi connectivity index (χ2v) is 5.72. The molecule has 0 aromatic carbocycles. The van der Waals surface area contributed by atoms with E-state index in [1.54, 1.807) is 0 Å². The summed E-state index contributed by atoms with van der Waals surface area (Å²) in [7, 11) is 0. The monoisotopic (exact) mass is 243 g/mol. The van der Waals surface area contributed by atoms with Crippen molar-refractivity contribution in [3.05, 3.63) is 11.6 Å². The molecule has 0 bridgehead atoms. The number of fused-ring (bicyclic) bond motifs is 1. The molecule has 0 N–H and O–H groups in total. The predicted octanol–water partition coefficient (Wildman–Crippen LogP) is 3.11. The van der Waals surface area contributed by atoms with Crippen LogP contribution < -0.4 is 0 Å². The SMILES string of the molecule is CCC(F)(F)C1CCc2nc(C(C)(C)C)nn21. The molecule has 2 heterocycles. The summed E-state index contributed by atoms with van der Waals surface area (Å²) < 4.78 is 29.0. The first-order valence-electron chi connectivity index (χ1n) is 6.09. The summed E-state index contributed by atoms with van der Waals surface area (Å²) >= 11 is 0. The van der Waals surface area contributed by atoms with E-state index in [9.17, 15) is 8.78 Å². The minimum atomic E-state index is -2.69. The average Bonchev–Trinajstić information content (AvgIpc) is 2.73. The van der Waals surface area contributed by atoms with Crippen LogP contribution in [0.3, 0.4) is 0 Å². The highest BCUT2D eigenvalue weighted by Crippen LogP contribution is 2.40. The molecule has 17 heavy (non-hydrogen) atoms. The van der Waals surface area contributed by atoms with Crippen LogP contribution in [0.5, 0.6) is 0 Å². The molecule has 1 aliphatic rings. The lowest BCUT2D eigenvalue weighted by molar-refractivity contribution is -0.0556. The van der Waals surface area contributed by atoms with Crippen molar-refractivity contribution in [1.29, 1.82) is 0 Å². The van der Waals surface area contributed by atoms with Crippen molar-refractivity contribution in [2.45, 2.75) is 64.3 Å². The van der Waals surface area contributed by atoms with E-state index in [1.807, 2.05) is 20.8 Å². The van der Waals surface area contributed by atoms with Gasteiger partial charge in [0.2, 0.25) is 0 Å². The van der Waals surface area contributed by atoms with Gasteiger partial charge < -0.3 is 0 Å². The maximum absolute atomic E-state index is 13.8. The second-order valence-electron chi connectivity index (χ2n) is 5.72. The molecule has 5 heteroatoms. The number of alkyl halides is 2. The van der Waals surface area contributed by atoms with Crippen molar-refractivity contribution in [3.63, 3.8) is 0 Å². The van der Waals surface area contributed by atoms with Gasteiger partial charge in [-0.1, -0.05) is 27.7 Å². The third kappa shape index (κ3) is 2.07. The summed E-state index contributed by atoms with van der Waals surface area (Å²) in [5.41, 5.74) is -0.191. The quantitative estimate of drug-likeness (QED) is 0.799. The fourth-order valence-corrected chi connectivity index (χ4v) is 2.11.